The molecule has 0 aliphatic heterocycles. The number of nitrogens with zero attached hydrogens (tertiary/aromatic N) is 3. The van der Waals surface area contributed by atoms with Crippen LogP contribution in [-0.4, -0.2) is 21.6 Å². The molecular weight excluding hydrogens is 405 g/mol. The van der Waals surface area contributed by atoms with Crippen molar-refractivity contribution in [2.75, 3.05) is 5.32 Å². The van der Waals surface area contributed by atoms with Crippen molar-refractivity contribution in [2.24, 2.45) is 4.99 Å². The van der Waals surface area contributed by atoms with Crippen LogP contribution in [0.2, 0.25) is 0 Å². The molecule has 0 bridgehead atoms. The number of rotatable bonds is 5. The molecular formula is C25H30FN5O. The highest BCUT2D eigenvalue weighted by Gasteiger charge is 2.14. The highest BCUT2D eigenvalue weighted by atomic mass is 19.1. The average molecular weight is 436 g/mol. The normalized spacial score (nSPS) is 11.5. The fourth-order valence-corrected chi connectivity index (χ4v) is 3.53. The van der Waals surface area contributed by atoms with Gasteiger partial charge in [0, 0.05) is 29.1 Å². The second-order valence-electron chi connectivity index (χ2n) is 7.99. The molecule has 6 nitrogen and oxygen atoms in total. The molecule has 1 heterocycles. The zero-order valence-corrected chi connectivity index (χ0v) is 19.5. The Labute approximate surface area is 188 Å². The quantitative estimate of drug-likeness (QED) is 0.438. The molecule has 0 saturated carbocycles. The Balaban J connectivity index is 1.91. The molecule has 0 radical (unpaired) electrons. The molecule has 0 aliphatic rings. The molecule has 3 aromatic rings. The van der Waals surface area contributed by atoms with Gasteiger partial charge in [-0.3, -0.25) is 14.8 Å². The number of hydrogen-bond donors (Lipinski definition) is 2. The summed E-state index contributed by atoms with van der Waals surface area (Å²) >= 11 is 0. The molecule has 1 amide bonds. The van der Waals surface area contributed by atoms with E-state index < -0.39 is 11.7 Å². The van der Waals surface area contributed by atoms with Crippen LogP contribution in [0, 0.1) is 40.4 Å². The van der Waals surface area contributed by atoms with Gasteiger partial charge >= 0.3 is 0 Å². The molecule has 2 N–H and O–H groups in total. The Bertz CT molecular complexity index is 1180. The maximum absolute atomic E-state index is 14.0. The zero-order valence-electron chi connectivity index (χ0n) is 19.5. The Kier molecular flexibility index (Phi) is 7.08. The third kappa shape index (κ3) is 5.22. The number of halogens is 1. The fraction of sp³-hybridized carbons (Fsp3) is 0.320. The zero-order chi connectivity index (χ0) is 23.4. The minimum Gasteiger partial charge on any atom is -0.326 e. The van der Waals surface area contributed by atoms with Crippen LogP contribution in [0.15, 0.2) is 41.4 Å². The summed E-state index contributed by atoms with van der Waals surface area (Å²) in [4.78, 5) is 17.5. The molecule has 0 unspecified atom stereocenters. The number of nitrogens with one attached hydrogen (secondary N) is 2. The molecule has 168 valence electrons. The van der Waals surface area contributed by atoms with Crippen LogP contribution < -0.4 is 10.6 Å². The van der Waals surface area contributed by atoms with Crippen LogP contribution in [-0.2, 0) is 13.1 Å². The van der Waals surface area contributed by atoms with Crippen molar-refractivity contribution >= 4 is 17.6 Å². The number of carbonyl (C=O) groups excluding carboxylic acids is 1. The predicted molar refractivity (Wildman–Crippen MR) is 127 cm³/mol. The van der Waals surface area contributed by atoms with Crippen molar-refractivity contribution < 1.29 is 9.18 Å². The fourth-order valence-electron chi connectivity index (χ4n) is 3.53. The predicted octanol–water partition coefficient (Wildman–Crippen LogP) is 4.98. The first-order valence-electron chi connectivity index (χ1n) is 10.7. The summed E-state index contributed by atoms with van der Waals surface area (Å²) in [6.07, 6.45) is 0. The van der Waals surface area contributed by atoms with E-state index in [-0.39, 0.29) is 5.56 Å². The van der Waals surface area contributed by atoms with Crippen LogP contribution >= 0.6 is 0 Å². The van der Waals surface area contributed by atoms with Gasteiger partial charge in [-0.25, -0.2) is 9.38 Å². The summed E-state index contributed by atoms with van der Waals surface area (Å²) in [5.41, 5.74) is 6.70. The van der Waals surface area contributed by atoms with Gasteiger partial charge < -0.3 is 5.32 Å². The van der Waals surface area contributed by atoms with Crippen molar-refractivity contribution in [3.05, 3.63) is 81.4 Å². The highest BCUT2D eigenvalue weighted by Crippen LogP contribution is 2.18. The largest absolute Gasteiger partial charge is 0.326 e. The molecule has 7 heteroatoms. The van der Waals surface area contributed by atoms with E-state index in [1.807, 2.05) is 51.4 Å². The third-order valence-electron chi connectivity index (χ3n) is 5.53. The first-order valence-corrected chi connectivity index (χ1v) is 10.7. The lowest BCUT2D eigenvalue weighted by Gasteiger charge is -2.14. The van der Waals surface area contributed by atoms with Crippen LogP contribution in [0.25, 0.3) is 0 Å². The van der Waals surface area contributed by atoms with Crippen molar-refractivity contribution in [2.45, 2.75) is 54.6 Å². The summed E-state index contributed by atoms with van der Waals surface area (Å²) < 4.78 is 15.9. The highest BCUT2D eigenvalue weighted by molar-refractivity contribution is 6.10. The van der Waals surface area contributed by atoms with E-state index in [0.717, 1.165) is 40.3 Å². The van der Waals surface area contributed by atoms with E-state index in [0.29, 0.717) is 18.1 Å². The van der Waals surface area contributed by atoms with Crippen molar-refractivity contribution in [1.29, 1.82) is 0 Å². The maximum atomic E-state index is 14.0. The minimum atomic E-state index is -0.433. The molecule has 0 saturated heterocycles. The van der Waals surface area contributed by atoms with Gasteiger partial charge in [-0.2, -0.15) is 5.10 Å². The van der Waals surface area contributed by atoms with Gasteiger partial charge in [0.15, 0.2) is 0 Å². The van der Waals surface area contributed by atoms with Crippen LogP contribution in [0.4, 0.5) is 10.1 Å². The van der Waals surface area contributed by atoms with Crippen molar-refractivity contribution in [1.82, 2.24) is 15.1 Å². The lowest BCUT2D eigenvalue weighted by atomic mass is 10.1. The molecule has 32 heavy (non-hydrogen) atoms. The van der Waals surface area contributed by atoms with Gasteiger partial charge in [0.2, 0.25) is 5.96 Å². The summed E-state index contributed by atoms with van der Waals surface area (Å²) in [6.45, 7) is 12.8. The number of carbonyl (C=O) groups is 1. The Morgan fingerprint density at radius 2 is 1.81 bits per heavy atom. The number of aliphatic imine (C=N–C) groups is 1. The lowest BCUT2D eigenvalue weighted by molar-refractivity contribution is 0.0976. The van der Waals surface area contributed by atoms with Crippen molar-refractivity contribution in [3.8, 4) is 0 Å². The van der Waals surface area contributed by atoms with Crippen LogP contribution in [0.5, 0.6) is 0 Å². The second kappa shape index (κ2) is 9.77. The van der Waals surface area contributed by atoms with E-state index in [1.54, 1.807) is 19.1 Å². The minimum absolute atomic E-state index is 0.231. The van der Waals surface area contributed by atoms with E-state index in [1.165, 1.54) is 6.07 Å². The number of amides is 1. The number of aryl methyl sites for hydroxylation is 5. The van der Waals surface area contributed by atoms with E-state index in [9.17, 15) is 9.18 Å². The Morgan fingerprint density at radius 1 is 1.06 bits per heavy atom. The number of anilines is 1. The number of benzene rings is 2. The summed E-state index contributed by atoms with van der Waals surface area (Å²) in [6, 6.07) is 10.4. The molecule has 0 aliphatic carbocycles. The maximum Gasteiger partial charge on any atom is 0.258 e. The van der Waals surface area contributed by atoms with Crippen LogP contribution in [0.3, 0.4) is 0 Å². The SMILES string of the molecule is CCn1nc(C)c(CN=C(NC(=O)c2ccc(C)c(F)c2)Nc2ccc(C)cc2C)c1C. The van der Waals surface area contributed by atoms with Gasteiger partial charge in [-0.1, -0.05) is 23.8 Å². The first-order chi connectivity index (χ1) is 15.2. The Hall–Kier alpha value is -3.48. The monoisotopic (exact) mass is 435 g/mol. The third-order valence-corrected chi connectivity index (χ3v) is 5.53. The van der Waals surface area contributed by atoms with Gasteiger partial charge in [-0.05, 0) is 70.9 Å². The Morgan fingerprint density at radius 3 is 2.44 bits per heavy atom. The van der Waals surface area contributed by atoms with Gasteiger partial charge in [-0.15, -0.1) is 0 Å². The van der Waals surface area contributed by atoms with Gasteiger partial charge in [0.1, 0.15) is 5.82 Å². The first kappa shape index (κ1) is 23.2. The lowest BCUT2D eigenvalue weighted by Crippen LogP contribution is -2.36. The molecule has 1 aromatic heterocycles. The summed E-state index contributed by atoms with van der Waals surface area (Å²) in [5.74, 6) is -0.555. The van der Waals surface area contributed by atoms with E-state index in [4.69, 9.17) is 0 Å². The molecule has 0 spiro atoms. The number of aromatic nitrogens is 2. The van der Waals surface area contributed by atoms with E-state index >= 15 is 0 Å². The number of guanidine groups is 1. The number of hydrogen-bond acceptors (Lipinski definition) is 3. The topological polar surface area (TPSA) is 71.3 Å². The molecule has 2 aromatic carbocycles. The van der Waals surface area contributed by atoms with Gasteiger partial charge in [0.25, 0.3) is 5.91 Å². The molecule has 0 fully saturated rings. The molecule has 3 rings (SSSR count). The van der Waals surface area contributed by atoms with E-state index in [2.05, 4.69) is 26.8 Å². The summed E-state index contributed by atoms with van der Waals surface area (Å²) in [5, 5.41) is 10.6. The van der Waals surface area contributed by atoms with Crippen molar-refractivity contribution in [3.63, 3.8) is 0 Å². The second-order valence-corrected chi connectivity index (χ2v) is 7.99. The van der Waals surface area contributed by atoms with Crippen LogP contribution in [0.1, 0.15) is 50.9 Å². The smallest absolute Gasteiger partial charge is 0.258 e. The average Bonchev–Trinajstić information content (AvgIpc) is 3.02. The standard InChI is InChI=1S/C25H30FN5O/c1-7-31-19(6)21(18(5)30-31)14-27-25(28-23-11-8-15(2)12-17(23)4)29-24(32)20-10-9-16(3)22(26)13-20/h8-13H,7,14H2,1-6H3,(H2,27,28,29,32). The molecule has 0 atom stereocenters. The van der Waals surface area contributed by atoms with Gasteiger partial charge in [0.05, 0.1) is 12.2 Å². The summed E-state index contributed by atoms with van der Waals surface area (Å²) in [7, 11) is 0.